The Bertz CT molecular complexity index is 1310. The number of carboxylic acid groups (broad SMARTS) is 1. The molecule has 31 heavy (non-hydrogen) atoms. The van der Waals surface area contributed by atoms with Crippen LogP contribution in [0.2, 0.25) is 13.1 Å². The summed E-state index contributed by atoms with van der Waals surface area (Å²) in [6.45, 7) is 3.72. The lowest BCUT2D eigenvalue weighted by atomic mass is 9.86. The quantitative estimate of drug-likeness (QED) is 0.317. The number of hydrogen-bond acceptors (Lipinski definition) is 3. The zero-order chi connectivity index (χ0) is 22.8. The summed E-state index contributed by atoms with van der Waals surface area (Å²) in [7, 11) is -2.68. The van der Waals surface area contributed by atoms with Crippen molar-refractivity contribution in [3.8, 4) is 5.75 Å². The van der Waals surface area contributed by atoms with Gasteiger partial charge in [0.05, 0.1) is 0 Å². The predicted octanol–water partition coefficient (Wildman–Crippen LogP) is 3.98. The topological polar surface area (TPSA) is 74.6 Å². The number of benzene rings is 2. The number of carbonyl (C=O) groups excluding carboxylic acids is 1. The average molecular weight is 446 g/mol. The van der Waals surface area contributed by atoms with Crippen LogP contribution in [0.5, 0.6) is 5.75 Å². The third kappa shape index (κ3) is 2.88. The number of ketones is 1. The number of rotatable bonds is 2. The Morgan fingerprint density at radius 2 is 1.61 bits per heavy atom. The lowest BCUT2D eigenvalue weighted by Crippen LogP contribution is -2.49. The van der Waals surface area contributed by atoms with Gasteiger partial charge in [0.15, 0.2) is 29.1 Å². The second-order valence-electron chi connectivity index (χ2n) is 7.75. The molecule has 2 aromatic rings. The minimum atomic E-state index is -2.68. The van der Waals surface area contributed by atoms with E-state index in [1.165, 1.54) is 36.4 Å². The van der Waals surface area contributed by atoms with Crippen molar-refractivity contribution in [3.05, 3.63) is 87.2 Å². The molecule has 0 saturated carbocycles. The number of aromatic hydroxyl groups is 1. The molecule has 9 heteroatoms. The summed E-state index contributed by atoms with van der Waals surface area (Å²) in [5, 5.41) is 20.5. The molecule has 0 bridgehead atoms. The minimum absolute atomic E-state index is 0.129. The number of hydrogen-bond donors (Lipinski definition) is 2. The van der Waals surface area contributed by atoms with Gasteiger partial charge in [-0.2, -0.15) is 0 Å². The Kier molecular flexibility index (Phi) is 4.55. The van der Waals surface area contributed by atoms with Gasteiger partial charge in [-0.25, -0.2) is 22.4 Å². The highest BCUT2D eigenvalue weighted by Gasteiger charge is 2.42. The van der Waals surface area contributed by atoms with Crippen LogP contribution < -0.4 is 5.19 Å². The first-order valence-corrected chi connectivity index (χ1v) is 12.1. The third-order valence-electron chi connectivity index (χ3n) is 5.61. The molecule has 0 amide bonds. The Hall–Kier alpha value is -3.46. The highest BCUT2D eigenvalue weighted by Crippen LogP contribution is 2.44. The first-order valence-electron chi connectivity index (χ1n) is 9.09. The molecule has 2 N–H and O–H groups in total. The summed E-state index contributed by atoms with van der Waals surface area (Å²) < 4.78 is 57.6. The van der Waals surface area contributed by atoms with E-state index < -0.39 is 48.4 Å². The fraction of sp³-hybridized carbons (Fsp3) is 0.0909. The van der Waals surface area contributed by atoms with Crippen molar-refractivity contribution in [1.29, 1.82) is 0 Å². The maximum atomic E-state index is 15.0. The van der Waals surface area contributed by atoms with Crippen molar-refractivity contribution in [3.63, 3.8) is 0 Å². The van der Waals surface area contributed by atoms with E-state index in [9.17, 15) is 33.0 Å². The van der Waals surface area contributed by atoms with Crippen LogP contribution in [0.4, 0.5) is 17.6 Å². The highest BCUT2D eigenvalue weighted by molar-refractivity contribution is 6.98. The monoisotopic (exact) mass is 446 g/mol. The summed E-state index contributed by atoms with van der Waals surface area (Å²) in [5.74, 6) is -10.7. The number of allylic oxidation sites excluding steroid dienone is 5. The molecule has 0 unspecified atom stereocenters. The zero-order valence-electron chi connectivity index (χ0n) is 16.2. The summed E-state index contributed by atoms with van der Waals surface area (Å²) in [4.78, 5) is 23.8. The number of aromatic carboxylic acids is 1. The highest BCUT2D eigenvalue weighted by atomic mass is 28.3. The number of carboxylic acids is 1. The summed E-state index contributed by atoms with van der Waals surface area (Å²) in [6, 6.07) is 4.05. The number of phenols is 1. The van der Waals surface area contributed by atoms with Crippen LogP contribution in [0.3, 0.4) is 0 Å². The maximum Gasteiger partial charge on any atom is 0.339 e. The first-order chi connectivity index (χ1) is 14.5. The fourth-order valence-electron chi connectivity index (χ4n) is 4.15. The van der Waals surface area contributed by atoms with E-state index >= 15 is 4.39 Å². The van der Waals surface area contributed by atoms with Gasteiger partial charge in [0.2, 0.25) is 0 Å². The molecule has 2 aliphatic rings. The molecule has 1 aliphatic carbocycles. The molecule has 1 heterocycles. The Morgan fingerprint density at radius 3 is 2.26 bits per heavy atom. The smallest absolute Gasteiger partial charge is 0.339 e. The van der Waals surface area contributed by atoms with E-state index in [4.69, 9.17) is 0 Å². The van der Waals surface area contributed by atoms with E-state index in [0.717, 1.165) is 0 Å². The number of phenolic OH excluding ortho intramolecular Hbond substituents is 1. The normalized spacial score (nSPS) is 16.7. The van der Waals surface area contributed by atoms with Crippen molar-refractivity contribution in [2.24, 2.45) is 0 Å². The lowest BCUT2D eigenvalue weighted by molar-refractivity contribution is -0.110. The molecule has 0 spiro atoms. The number of fused-ring (bicyclic) bond motifs is 2. The molecule has 0 radical (unpaired) electrons. The zero-order valence-corrected chi connectivity index (χ0v) is 17.2. The van der Waals surface area contributed by atoms with Crippen LogP contribution in [-0.4, -0.2) is 30.0 Å². The maximum absolute atomic E-state index is 15.0. The van der Waals surface area contributed by atoms with Gasteiger partial charge in [-0.1, -0.05) is 25.2 Å². The molecular weight excluding hydrogens is 432 g/mol. The van der Waals surface area contributed by atoms with Crippen molar-refractivity contribution >= 4 is 30.6 Å². The van der Waals surface area contributed by atoms with Gasteiger partial charge >= 0.3 is 5.97 Å². The third-order valence-corrected chi connectivity index (χ3v) is 9.13. The van der Waals surface area contributed by atoms with Gasteiger partial charge in [-0.3, -0.25) is 4.79 Å². The summed E-state index contributed by atoms with van der Waals surface area (Å²) in [6.07, 6.45) is 3.81. The van der Waals surface area contributed by atoms with Crippen LogP contribution in [-0.2, 0) is 4.79 Å². The molecular formula is C22H14F4O4Si. The molecule has 1 aliphatic heterocycles. The van der Waals surface area contributed by atoms with Gasteiger partial charge in [0.1, 0.15) is 19.4 Å². The van der Waals surface area contributed by atoms with Crippen LogP contribution in [0.15, 0.2) is 47.2 Å². The molecule has 0 aromatic heterocycles. The second kappa shape index (κ2) is 6.78. The van der Waals surface area contributed by atoms with Gasteiger partial charge in [-0.15, -0.1) is 0 Å². The Labute approximate surface area is 174 Å². The summed E-state index contributed by atoms with van der Waals surface area (Å²) in [5.41, 5.74) is -2.04. The molecule has 2 aromatic carbocycles. The Morgan fingerprint density at radius 1 is 0.968 bits per heavy atom. The largest absolute Gasteiger partial charge is 0.508 e. The predicted molar refractivity (Wildman–Crippen MR) is 107 cm³/mol. The Balaban J connectivity index is 2.25. The van der Waals surface area contributed by atoms with Gasteiger partial charge in [0.25, 0.3) is 0 Å². The SMILES string of the molecule is C[Si]1(C)C2=CC(=O)C=CC2=C(c2c(F)c(F)c(F)c(F)c2C(=O)O)c2ccc(O)cc21. The lowest BCUT2D eigenvalue weighted by Gasteiger charge is -2.37. The van der Waals surface area contributed by atoms with Gasteiger partial charge in [0, 0.05) is 5.56 Å². The van der Waals surface area contributed by atoms with Crippen LogP contribution in [0, 0.1) is 23.3 Å². The van der Waals surface area contributed by atoms with Crippen molar-refractivity contribution < 1.29 is 37.4 Å². The van der Waals surface area contributed by atoms with E-state index in [1.807, 2.05) is 13.1 Å². The van der Waals surface area contributed by atoms with Crippen molar-refractivity contribution in [2.45, 2.75) is 13.1 Å². The van der Waals surface area contributed by atoms with E-state index in [0.29, 0.717) is 10.4 Å². The van der Waals surface area contributed by atoms with Crippen LogP contribution >= 0.6 is 0 Å². The minimum Gasteiger partial charge on any atom is -0.508 e. The van der Waals surface area contributed by atoms with Gasteiger partial charge in [-0.05, 0) is 51.4 Å². The van der Waals surface area contributed by atoms with E-state index in [2.05, 4.69) is 0 Å². The standard InChI is InChI=1S/C22H14F4O4Si/c1-31(2)13-7-9(27)3-5-11(13)15(12-6-4-10(28)8-14(12)31)16-17(22(29)30)19(24)21(26)20(25)18(16)23/h3-8,27H,1-2H3,(H,29,30). The van der Waals surface area contributed by atoms with Crippen molar-refractivity contribution in [1.82, 2.24) is 0 Å². The van der Waals surface area contributed by atoms with E-state index in [-0.39, 0.29) is 28.2 Å². The fourth-order valence-corrected chi connectivity index (χ4v) is 7.22. The molecule has 4 rings (SSSR count). The second-order valence-corrected chi connectivity index (χ2v) is 12.1. The van der Waals surface area contributed by atoms with Crippen molar-refractivity contribution in [2.75, 3.05) is 0 Å². The average Bonchev–Trinajstić information content (AvgIpc) is 2.70. The molecule has 0 saturated heterocycles. The van der Waals surface area contributed by atoms with Crippen LogP contribution in [0.1, 0.15) is 21.5 Å². The van der Waals surface area contributed by atoms with Gasteiger partial charge < -0.3 is 10.2 Å². The molecule has 4 nitrogen and oxygen atoms in total. The summed E-state index contributed by atoms with van der Waals surface area (Å²) >= 11 is 0. The molecule has 0 atom stereocenters. The number of carbonyl (C=O) groups is 2. The first kappa shape index (κ1) is 20.8. The molecule has 0 fully saturated rings. The molecule has 158 valence electrons. The number of halogens is 4. The van der Waals surface area contributed by atoms with Crippen LogP contribution in [0.25, 0.3) is 5.57 Å². The van der Waals surface area contributed by atoms with E-state index in [1.54, 1.807) is 0 Å².